The molecule has 0 aliphatic heterocycles. The number of imidazole rings is 1. The fourth-order valence-corrected chi connectivity index (χ4v) is 4.37. The minimum Gasteiger partial charge on any atom is -0.404 e. The molecule has 2 atom stereocenters. The van der Waals surface area contributed by atoms with Crippen LogP contribution < -0.4 is 16.3 Å². The molecule has 0 radical (unpaired) electrons. The van der Waals surface area contributed by atoms with E-state index in [2.05, 4.69) is 30.6 Å². The Balaban J connectivity index is 1.12. The standard InChI is InChI=1S/C23H21N7O2/c31-23-29-17-4-1-2-6-19(17)30(23)16-9-10-20(25-13-16)26-14-7-8-15(12-14)27-22-28-18-5-3-11-24-21(18)32-22/h1-6,9-11,13-15H,7-8,12H2,(H,25,26)(H,27,28)(H,29,31)/t14-,15-/m0/s1. The van der Waals surface area contributed by atoms with Crippen molar-refractivity contribution in [2.45, 2.75) is 31.3 Å². The Morgan fingerprint density at radius 1 is 1.00 bits per heavy atom. The van der Waals surface area contributed by atoms with Crippen LogP contribution in [-0.4, -0.2) is 36.6 Å². The molecule has 160 valence electrons. The smallest absolute Gasteiger partial charge is 0.331 e. The van der Waals surface area contributed by atoms with Crippen LogP contribution in [-0.2, 0) is 0 Å². The topological polar surface area (TPSA) is 114 Å². The molecule has 32 heavy (non-hydrogen) atoms. The van der Waals surface area contributed by atoms with Crippen molar-refractivity contribution in [3.63, 3.8) is 0 Å². The zero-order valence-corrected chi connectivity index (χ0v) is 17.2. The molecule has 0 unspecified atom stereocenters. The number of rotatable bonds is 5. The van der Waals surface area contributed by atoms with E-state index in [4.69, 9.17) is 4.42 Å². The molecular formula is C23H21N7O2. The highest BCUT2D eigenvalue weighted by Crippen LogP contribution is 2.26. The third-order valence-corrected chi connectivity index (χ3v) is 5.87. The van der Waals surface area contributed by atoms with Crippen molar-refractivity contribution in [3.8, 4) is 5.69 Å². The fraction of sp³-hybridized carbons (Fsp3) is 0.217. The van der Waals surface area contributed by atoms with Crippen molar-refractivity contribution < 1.29 is 4.42 Å². The zero-order valence-electron chi connectivity index (χ0n) is 17.2. The molecule has 0 amide bonds. The van der Waals surface area contributed by atoms with Crippen LogP contribution in [0.4, 0.5) is 11.8 Å². The molecule has 1 aliphatic carbocycles. The summed E-state index contributed by atoms with van der Waals surface area (Å²) >= 11 is 0. The van der Waals surface area contributed by atoms with E-state index in [1.54, 1.807) is 17.0 Å². The monoisotopic (exact) mass is 427 g/mol. The number of fused-ring (bicyclic) bond motifs is 2. The van der Waals surface area contributed by atoms with Crippen molar-refractivity contribution in [2.24, 2.45) is 0 Å². The molecule has 5 aromatic rings. The molecule has 0 spiro atoms. The number of para-hydroxylation sites is 2. The summed E-state index contributed by atoms with van der Waals surface area (Å²) in [6.45, 7) is 0. The lowest BCUT2D eigenvalue weighted by molar-refractivity contribution is 0.583. The van der Waals surface area contributed by atoms with Gasteiger partial charge in [0.1, 0.15) is 11.3 Å². The summed E-state index contributed by atoms with van der Waals surface area (Å²) in [4.78, 5) is 28.4. The third-order valence-electron chi connectivity index (χ3n) is 5.87. The summed E-state index contributed by atoms with van der Waals surface area (Å²) in [5, 5.41) is 6.88. The van der Waals surface area contributed by atoms with Gasteiger partial charge in [0, 0.05) is 18.3 Å². The van der Waals surface area contributed by atoms with Gasteiger partial charge in [0.05, 0.1) is 22.9 Å². The van der Waals surface area contributed by atoms with Crippen molar-refractivity contribution in [2.75, 3.05) is 10.6 Å². The van der Waals surface area contributed by atoms with Crippen LogP contribution in [0.1, 0.15) is 19.3 Å². The largest absolute Gasteiger partial charge is 0.404 e. The maximum Gasteiger partial charge on any atom is 0.331 e. The van der Waals surface area contributed by atoms with E-state index in [1.165, 1.54) is 0 Å². The first-order chi connectivity index (χ1) is 15.7. The van der Waals surface area contributed by atoms with E-state index >= 15 is 0 Å². The zero-order chi connectivity index (χ0) is 21.5. The van der Waals surface area contributed by atoms with Gasteiger partial charge in [-0.25, -0.2) is 14.8 Å². The summed E-state index contributed by atoms with van der Waals surface area (Å²) < 4.78 is 7.31. The minimum atomic E-state index is -0.173. The molecule has 1 aromatic carbocycles. The number of hydrogen-bond acceptors (Lipinski definition) is 7. The second-order valence-corrected chi connectivity index (χ2v) is 8.03. The minimum absolute atomic E-state index is 0.173. The van der Waals surface area contributed by atoms with Crippen LogP contribution in [0.5, 0.6) is 0 Å². The Bertz CT molecular complexity index is 1420. The fourth-order valence-electron chi connectivity index (χ4n) is 4.37. The van der Waals surface area contributed by atoms with E-state index < -0.39 is 0 Å². The highest BCUT2D eigenvalue weighted by molar-refractivity contribution is 5.77. The Morgan fingerprint density at radius 2 is 1.88 bits per heavy atom. The first kappa shape index (κ1) is 18.6. The number of H-pyrrole nitrogens is 1. The lowest BCUT2D eigenvalue weighted by Crippen LogP contribution is -2.21. The molecular weight excluding hydrogens is 406 g/mol. The summed E-state index contributed by atoms with van der Waals surface area (Å²) in [5.74, 6) is 0.790. The van der Waals surface area contributed by atoms with Gasteiger partial charge in [0.25, 0.3) is 6.01 Å². The predicted octanol–water partition coefficient (Wildman–Crippen LogP) is 3.70. The highest BCUT2D eigenvalue weighted by Gasteiger charge is 2.26. The van der Waals surface area contributed by atoms with Gasteiger partial charge in [-0.05, 0) is 55.7 Å². The number of pyridine rings is 2. The van der Waals surface area contributed by atoms with E-state index in [9.17, 15) is 4.79 Å². The van der Waals surface area contributed by atoms with E-state index in [1.807, 2.05) is 48.5 Å². The van der Waals surface area contributed by atoms with Crippen LogP contribution in [0.25, 0.3) is 28.0 Å². The molecule has 6 rings (SSSR count). The normalized spacial score (nSPS) is 18.4. The Hall–Kier alpha value is -4.14. The second kappa shape index (κ2) is 7.52. The molecule has 1 aliphatic rings. The second-order valence-electron chi connectivity index (χ2n) is 8.03. The maximum absolute atomic E-state index is 12.4. The number of nitrogens with one attached hydrogen (secondary N) is 3. The maximum atomic E-state index is 12.4. The molecule has 9 nitrogen and oxygen atoms in total. The number of aromatic nitrogens is 5. The van der Waals surface area contributed by atoms with Gasteiger partial charge in [0.15, 0.2) is 0 Å². The summed E-state index contributed by atoms with van der Waals surface area (Å²) in [5.41, 5.74) is 3.49. The van der Waals surface area contributed by atoms with Crippen LogP contribution in [0.15, 0.2) is 70.1 Å². The summed E-state index contributed by atoms with van der Waals surface area (Å²) in [6, 6.07) is 16.2. The first-order valence-electron chi connectivity index (χ1n) is 10.6. The lowest BCUT2D eigenvalue weighted by Gasteiger charge is -2.14. The molecule has 4 aromatic heterocycles. The highest BCUT2D eigenvalue weighted by atomic mass is 16.4. The number of anilines is 2. The van der Waals surface area contributed by atoms with E-state index in [0.717, 1.165) is 47.3 Å². The first-order valence-corrected chi connectivity index (χ1v) is 10.6. The van der Waals surface area contributed by atoms with Gasteiger partial charge in [-0.15, -0.1) is 0 Å². The van der Waals surface area contributed by atoms with E-state index in [0.29, 0.717) is 17.8 Å². The molecule has 3 N–H and O–H groups in total. The molecule has 9 heteroatoms. The van der Waals surface area contributed by atoms with Gasteiger partial charge < -0.3 is 20.0 Å². The van der Waals surface area contributed by atoms with Crippen molar-refractivity contribution in [1.29, 1.82) is 0 Å². The van der Waals surface area contributed by atoms with Gasteiger partial charge >= 0.3 is 5.69 Å². The van der Waals surface area contributed by atoms with Gasteiger partial charge in [-0.3, -0.25) is 4.57 Å². The van der Waals surface area contributed by atoms with Gasteiger partial charge in [-0.2, -0.15) is 4.98 Å². The van der Waals surface area contributed by atoms with Crippen molar-refractivity contribution in [1.82, 2.24) is 24.5 Å². The van der Waals surface area contributed by atoms with Crippen LogP contribution >= 0.6 is 0 Å². The number of oxazole rings is 1. The molecule has 1 fully saturated rings. The van der Waals surface area contributed by atoms with Crippen molar-refractivity contribution >= 4 is 34.1 Å². The van der Waals surface area contributed by atoms with Crippen LogP contribution in [0.3, 0.4) is 0 Å². The number of benzene rings is 1. The molecule has 4 heterocycles. The van der Waals surface area contributed by atoms with Crippen molar-refractivity contribution in [3.05, 3.63) is 71.4 Å². The lowest BCUT2D eigenvalue weighted by atomic mass is 10.2. The van der Waals surface area contributed by atoms with Gasteiger partial charge in [0.2, 0.25) is 5.71 Å². The van der Waals surface area contributed by atoms with Crippen LogP contribution in [0.2, 0.25) is 0 Å². The number of nitrogens with zero attached hydrogens (tertiary/aromatic N) is 4. The molecule has 0 bridgehead atoms. The van der Waals surface area contributed by atoms with Gasteiger partial charge in [-0.1, -0.05) is 12.1 Å². The Morgan fingerprint density at radius 3 is 2.72 bits per heavy atom. The SMILES string of the molecule is O=c1[nH]c2ccccc2n1-c1ccc(N[C@H]2CC[C@H](Nc3nc4cccnc4o3)C2)nc1. The molecule has 1 saturated carbocycles. The quantitative estimate of drug-likeness (QED) is 0.392. The number of hydrogen-bond donors (Lipinski definition) is 3. The van der Waals surface area contributed by atoms with Crippen LogP contribution in [0, 0.1) is 0 Å². The average Bonchev–Trinajstić information content (AvgIpc) is 3.50. The average molecular weight is 427 g/mol. The van der Waals surface area contributed by atoms with E-state index in [-0.39, 0.29) is 11.7 Å². The molecule has 0 saturated heterocycles. The number of aromatic amines is 1. The Labute approximate surface area is 182 Å². The summed E-state index contributed by atoms with van der Waals surface area (Å²) in [6.07, 6.45) is 6.37. The Kier molecular flexibility index (Phi) is 4.38. The summed E-state index contributed by atoms with van der Waals surface area (Å²) in [7, 11) is 0. The predicted molar refractivity (Wildman–Crippen MR) is 122 cm³/mol. The third kappa shape index (κ3) is 3.37.